The molecule has 0 radical (unpaired) electrons. The van der Waals surface area contributed by atoms with Crippen LogP contribution in [0.4, 0.5) is 23.3 Å². The van der Waals surface area contributed by atoms with Gasteiger partial charge >= 0.3 is 0 Å². The van der Waals surface area contributed by atoms with Gasteiger partial charge in [0.05, 0.1) is 31.6 Å². The van der Waals surface area contributed by atoms with Crippen molar-refractivity contribution in [2.75, 3.05) is 66.4 Å². The first-order valence-corrected chi connectivity index (χ1v) is 13.0. The predicted molar refractivity (Wildman–Crippen MR) is 140 cm³/mol. The molecule has 1 aliphatic carbocycles. The maximum absolute atomic E-state index is 13.5. The number of aliphatic hydroxyl groups excluding tert-OH is 1. The number of aromatic nitrogens is 3. The van der Waals surface area contributed by atoms with Crippen LogP contribution in [0.5, 0.6) is 0 Å². The van der Waals surface area contributed by atoms with Crippen molar-refractivity contribution in [3.63, 3.8) is 0 Å². The number of morpholine rings is 1. The number of aliphatic hydroxyl groups is 1. The van der Waals surface area contributed by atoms with E-state index in [9.17, 15) is 9.90 Å². The van der Waals surface area contributed by atoms with E-state index in [1.165, 1.54) is 19.0 Å². The lowest BCUT2D eigenvalue weighted by Crippen LogP contribution is -2.38. The largest absolute Gasteiger partial charge is 0.394 e. The number of hydrogen-bond donors (Lipinski definition) is 3. The van der Waals surface area contributed by atoms with Gasteiger partial charge in [0.15, 0.2) is 11.5 Å². The lowest BCUT2D eigenvalue weighted by molar-refractivity contribution is 0.102. The third-order valence-electron chi connectivity index (χ3n) is 7.26. The van der Waals surface area contributed by atoms with Crippen LogP contribution in [-0.4, -0.2) is 77.5 Å². The van der Waals surface area contributed by atoms with Gasteiger partial charge in [-0.2, -0.15) is 0 Å². The van der Waals surface area contributed by atoms with Crippen molar-refractivity contribution >= 4 is 40.8 Å². The molecule has 2 aromatic rings. The summed E-state index contributed by atoms with van der Waals surface area (Å²) in [6, 6.07) is 3.42. The van der Waals surface area contributed by atoms with Gasteiger partial charge in [-0.3, -0.25) is 4.79 Å². The molecule has 0 aromatic carbocycles. The zero-order valence-corrected chi connectivity index (χ0v) is 21.6. The lowest BCUT2D eigenvalue weighted by atomic mass is 9.93. The van der Waals surface area contributed by atoms with Gasteiger partial charge in [0, 0.05) is 31.2 Å². The van der Waals surface area contributed by atoms with E-state index in [2.05, 4.69) is 30.4 Å². The Morgan fingerprint density at radius 2 is 1.81 bits per heavy atom. The summed E-state index contributed by atoms with van der Waals surface area (Å²) in [7, 11) is 0. The molecule has 5 rings (SSSR count). The van der Waals surface area contributed by atoms with E-state index in [-0.39, 0.29) is 18.2 Å². The summed E-state index contributed by atoms with van der Waals surface area (Å²) in [4.78, 5) is 31.6. The van der Waals surface area contributed by atoms with Gasteiger partial charge in [-0.1, -0.05) is 11.6 Å². The van der Waals surface area contributed by atoms with Gasteiger partial charge in [-0.25, -0.2) is 15.0 Å². The molecule has 10 nitrogen and oxygen atoms in total. The highest BCUT2D eigenvalue weighted by Gasteiger charge is 2.45. The van der Waals surface area contributed by atoms with E-state index in [0.29, 0.717) is 60.0 Å². The fourth-order valence-electron chi connectivity index (χ4n) is 4.75. The second kappa shape index (κ2) is 9.99. The normalized spacial score (nSPS) is 19.3. The van der Waals surface area contributed by atoms with Gasteiger partial charge in [-0.15, -0.1) is 0 Å². The van der Waals surface area contributed by atoms with Crippen molar-refractivity contribution in [3.05, 3.63) is 29.0 Å². The molecule has 2 aromatic heterocycles. The van der Waals surface area contributed by atoms with Gasteiger partial charge in [0.25, 0.3) is 5.91 Å². The van der Waals surface area contributed by atoms with Crippen LogP contribution in [0.1, 0.15) is 50.0 Å². The van der Waals surface area contributed by atoms with E-state index in [1.54, 1.807) is 12.1 Å². The summed E-state index contributed by atoms with van der Waals surface area (Å²) in [5.41, 5.74) is 0.154. The fraction of sp³-hybridized carbons (Fsp3) is 0.600. The standard InChI is InChI=1S/C25H34ClN7O3/c1-24(2,16-34)31-19-15-27-21(22(29-19)33-7-5-25(3-4-25)6-8-33)23(35)30-18-13-17(26)14-20(28-18)32-9-11-36-12-10-32/h13-15,34H,3-12,16H2,1-2H3,(H,29,31)(H,28,30,35). The maximum atomic E-state index is 13.5. The topological polar surface area (TPSA) is 116 Å². The third kappa shape index (κ3) is 5.66. The molecule has 1 spiro atoms. The Morgan fingerprint density at radius 3 is 2.47 bits per heavy atom. The summed E-state index contributed by atoms with van der Waals surface area (Å²) in [6.45, 7) is 8.03. The van der Waals surface area contributed by atoms with Crippen LogP contribution < -0.4 is 20.4 Å². The average Bonchev–Trinajstić information content (AvgIpc) is 3.63. The average molecular weight is 516 g/mol. The minimum atomic E-state index is -0.573. The molecule has 2 aliphatic heterocycles. The summed E-state index contributed by atoms with van der Waals surface area (Å²) in [5.74, 6) is 1.73. The SMILES string of the molecule is CC(C)(CO)Nc1cnc(C(=O)Nc2cc(Cl)cc(N3CCOCC3)n2)c(N2CCC3(CC2)CC3)n1. The molecule has 11 heteroatoms. The fourth-order valence-corrected chi connectivity index (χ4v) is 4.95. The number of carbonyl (C=O) groups excluding carboxylic acids is 1. The van der Waals surface area contributed by atoms with Crippen molar-refractivity contribution in [1.82, 2.24) is 15.0 Å². The van der Waals surface area contributed by atoms with Crippen LogP contribution in [-0.2, 0) is 4.74 Å². The molecule has 194 valence electrons. The molecule has 1 saturated carbocycles. The lowest BCUT2D eigenvalue weighted by Gasteiger charge is -2.34. The number of rotatable bonds is 7. The molecule has 4 heterocycles. The number of amides is 1. The van der Waals surface area contributed by atoms with Crippen LogP contribution in [0.15, 0.2) is 18.3 Å². The molecular weight excluding hydrogens is 482 g/mol. The number of carbonyl (C=O) groups is 1. The molecule has 0 unspecified atom stereocenters. The second-order valence-electron chi connectivity index (χ2n) is 10.7. The van der Waals surface area contributed by atoms with E-state index in [1.807, 2.05) is 13.8 Å². The van der Waals surface area contributed by atoms with E-state index in [0.717, 1.165) is 25.9 Å². The Morgan fingerprint density at radius 1 is 1.08 bits per heavy atom. The van der Waals surface area contributed by atoms with Crippen molar-refractivity contribution in [3.8, 4) is 0 Å². The summed E-state index contributed by atoms with van der Waals surface area (Å²) >= 11 is 6.37. The quantitative estimate of drug-likeness (QED) is 0.511. The molecule has 0 atom stereocenters. The highest BCUT2D eigenvalue weighted by Crippen LogP contribution is 2.54. The minimum absolute atomic E-state index is 0.0651. The monoisotopic (exact) mass is 515 g/mol. The number of halogens is 1. The smallest absolute Gasteiger partial charge is 0.279 e. The molecular formula is C25H34ClN7O3. The Labute approximate surface area is 216 Å². The van der Waals surface area contributed by atoms with Crippen LogP contribution in [0, 0.1) is 5.41 Å². The second-order valence-corrected chi connectivity index (χ2v) is 11.1. The Kier molecular flexibility index (Phi) is 6.93. The summed E-state index contributed by atoms with van der Waals surface area (Å²) in [6.07, 6.45) is 6.30. The zero-order valence-electron chi connectivity index (χ0n) is 20.9. The van der Waals surface area contributed by atoms with E-state index in [4.69, 9.17) is 21.3 Å². The number of anilines is 4. The van der Waals surface area contributed by atoms with Gasteiger partial charge in [-0.05, 0) is 57.1 Å². The summed E-state index contributed by atoms with van der Waals surface area (Å²) in [5, 5.41) is 16.3. The molecule has 36 heavy (non-hydrogen) atoms. The first-order chi connectivity index (χ1) is 17.3. The van der Waals surface area contributed by atoms with Crippen LogP contribution in [0.2, 0.25) is 5.02 Å². The van der Waals surface area contributed by atoms with Crippen LogP contribution in [0.25, 0.3) is 0 Å². The van der Waals surface area contributed by atoms with Gasteiger partial charge in [0.1, 0.15) is 17.5 Å². The number of ether oxygens (including phenoxy) is 1. The molecule has 1 amide bonds. The molecule has 0 bridgehead atoms. The first kappa shape index (κ1) is 25.0. The third-order valence-corrected chi connectivity index (χ3v) is 7.48. The van der Waals surface area contributed by atoms with Crippen molar-refractivity contribution in [2.45, 2.75) is 45.1 Å². The number of nitrogens with one attached hydrogen (secondary N) is 2. The maximum Gasteiger partial charge on any atom is 0.279 e. The van der Waals surface area contributed by atoms with Crippen LogP contribution >= 0.6 is 11.6 Å². The number of hydrogen-bond acceptors (Lipinski definition) is 9. The first-order valence-electron chi connectivity index (χ1n) is 12.6. The molecule has 3 N–H and O–H groups in total. The highest BCUT2D eigenvalue weighted by atomic mass is 35.5. The number of piperidine rings is 1. The summed E-state index contributed by atoms with van der Waals surface area (Å²) < 4.78 is 5.43. The molecule has 2 saturated heterocycles. The predicted octanol–water partition coefficient (Wildman–Crippen LogP) is 3.18. The highest BCUT2D eigenvalue weighted by molar-refractivity contribution is 6.31. The zero-order chi connectivity index (χ0) is 25.3. The van der Waals surface area contributed by atoms with Crippen LogP contribution in [0.3, 0.4) is 0 Å². The molecule has 3 fully saturated rings. The number of nitrogens with zero attached hydrogens (tertiary/aromatic N) is 5. The van der Waals surface area contributed by atoms with Crippen molar-refractivity contribution in [1.29, 1.82) is 0 Å². The van der Waals surface area contributed by atoms with E-state index < -0.39 is 5.54 Å². The van der Waals surface area contributed by atoms with Gasteiger partial charge in [0.2, 0.25) is 0 Å². The number of pyridine rings is 1. The Bertz CT molecular complexity index is 1110. The molecule has 3 aliphatic rings. The van der Waals surface area contributed by atoms with Crippen molar-refractivity contribution < 1.29 is 14.6 Å². The minimum Gasteiger partial charge on any atom is -0.394 e. The van der Waals surface area contributed by atoms with Crippen molar-refractivity contribution in [2.24, 2.45) is 5.41 Å². The van der Waals surface area contributed by atoms with E-state index >= 15 is 0 Å². The van der Waals surface area contributed by atoms with Gasteiger partial charge < -0.3 is 30.3 Å². The Hall–Kier alpha value is -2.69. The Balaban J connectivity index is 1.40.